The number of anilines is 2. The third-order valence-electron chi connectivity index (χ3n) is 3.25. The lowest BCUT2D eigenvalue weighted by Gasteiger charge is -2.24. The average molecular weight is 284 g/mol. The minimum atomic E-state index is -0.0924. The number of hydrogen-bond donors (Lipinski definition) is 1. The van der Waals surface area contributed by atoms with Crippen molar-refractivity contribution in [3.63, 3.8) is 0 Å². The maximum atomic E-state index is 12.9. The molecule has 0 aliphatic rings. The first kappa shape index (κ1) is 15.0. The summed E-state index contributed by atoms with van der Waals surface area (Å²) in [4.78, 5) is 14.6. The summed E-state index contributed by atoms with van der Waals surface area (Å²) < 4.78 is 0. The van der Waals surface area contributed by atoms with Crippen molar-refractivity contribution in [3.05, 3.63) is 47.3 Å². The number of carbonyl (C=O) groups excluding carboxylic acids is 1. The summed E-state index contributed by atoms with van der Waals surface area (Å²) in [6.07, 6.45) is 0.844. The fourth-order valence-corrected chi connectivity index (χ4v) is 2.20. The maximum Gasteiger partial charge on any atom is 0.260 e. The lowest BCUT2D eigenvalue weighted by Crippen LogP contribution is -2.33. The first-order valence-corrected chi connectivity index (χ1v) is 7.02. The number of aromatic nitrogens is 2. The van der Waals surface area contributed by atoms with Crippen LogP contribution >= 0.6 is 0 Å². The molecule has 2 N–H and O–H groups in total. The molecule has 0 atom stereocenters. The SMILES string of the molecule is CCCN(C(=O)c1cc(C)nnc1C)c1ccccc1N. The van der Waals surface area contributed by atoms with E-state index in [1.807, 2.05) is 32.0 Å². The van der Waals surface area contributed by atoms with Gasteiger partial charge < -0.3 is 10.6 Å². The van der Waals surface area contributed by atoms with Crippen molar-refractivity contribution in [1.82, 2.24) is 10.2 Å². The minimum Gasteiger partial charge on any atom is -0.397 e. The molecule has 0 spiro atoms. The molecule has 5 heteroatoms. The molecule has 0 radical (unpaired) electrons. The number of benzene rings is 1. The topological polar surface area (TPSA) is 72.1 Å². The number of aryl methyl sites for hydroxylation is 2. The zero-order valence-corrected chi connectivity index (χ0v) is 12.6. The van der Waals surface area contributed by atoms with Crippen LogP contribution in [0.3, 0.4) is 0 Å². The van der Waals surface area contributed by atoms with E-state index < -0.39 is 0 Å². The number of nitrogens with two attached hydrogens (primary N) is 1. The molecule has 0 saturated heterocycles. The molecule has 0 aliphatic heterocycles. The summed E-state index contributed by atoms with van der Waals surface area (Å²) in [5.74, 6) is -0.0924. The highest BCUT2D eigenvalue weighted by Gasteiger charge is 2.21. The van der Waals surface area contributed by atoms with E-state index in [-0.39, 0.29) is 5.91 Å². The highest BCUT2D eigenvalue weighted by molar-refractivity contribution is 6.08. The molecule has 2 rings (SSSR count). The standard InChI is InChI=1S/C16H20N4O/c1-4-9-20(15-8-6-5-7-14(15)17)16(21)13-10-11(2)18-19-12(13)3/h5-8,10H,4,9,17H2,1-3H3. The fourth-order valence-electron chi connectivity index (χ4n) is 2.20. The molecule has 0 fully saturated rings. The molecule has 0 unspecified atom stereocenters. The molecule has 1 heterocycles. The number of rotatable bonds is 4. The predicted octanol–water partition coefficient (Wildman–Crippen LogP) is 2.73. The van der Waals surface area contributed by atoms with Crippen LogP contribution in [0, 0.1) is 13.8 Å². The highest BCUT2D eigenvalue weighted by atomic mass is 16.2. The van der Waals surface area contributed by atoms with Crippen molar-refractivity contribution in [2.24, 2.45) is 0 Å². The van der Waals surface area contributed by atoms with E-state index in [2.05, 4.69) is 10.2 Å². The molecule has 0 bridgehead atoms. The van der Waals surface area contributed by atoms with Crippen LogP contribution < -0.4 is 10.6 Å². The van der Waals surface area contributed by atoms with Gasteiger partial charge in [0.2, 0.25) is 0 Å². The van der Waals surface area contributed by atoms with E-state index in [0.29, 0.717) is 23.5 Å². The molecule has 0 saturated carbocycles. The Labute approximate surface area is 124 Å². The van der Waals surface area contributed by atoms with Crippen molar-refractivity contribution < 1.29 is 4.79 Å². The largest absolute Gasteiger partial charge is 0.397 e. The second kappa shape index (κ2) is 6.35. The van der Waals surface area contributed by atoms with Crippen LogP contribution in [0.4, 0.5) is 11.4 Å². The summed E-state index contributed by atoms with van der Waals surface area (Å²) >= 11 is 0. The zero-order valence-electron chi connectivity index (χ0n) is 12.6. The highest BCUT2D eigenvalue weighted by Crippen LogP contribution is 2.25. The van der Waals surface area contributed by atoms with Crippen molar-refractivity contribution in [3.8, 4) is 0 Å². The molecule has 5 nitrogen and oxygen atoms in total. The van der Waals surface area contributed by atoms with E-state index in [1.165, 1.54) is 0 Å². The van der Waals surface area contributed by atoms with E-state index in [4.69, 9.17) is 5.73 Å². The van der Waals surface area contributed by atoms with Gasteiger partial charge in [0.25, 0.3) is 5.91 Å². The molecule has 1 aromatic carbocycles. The molecule has 110 valence electrons. The van der Waals surface area contributed by atoms with Gasteiger partial charge in [0.1, 0.15) is 0 Å². The lowest BCUT2D eigenvalue weighted by atomic mass is 10.1. The average Bonchev–Trinajstić information content (AvgIpc) is 2.47. The van der Waals surface area contributed by atoms with Crippen LogP contribution in [0.25, 0.3) is 0 Å². The van der Waals surface area contributed by atoms with Gasteiger partial charge in [0, 0.05) is 6.54 Å². The lowest BCUT2D eigenvalue weighted by molar-refractivity contribution is 0.0985. The van der Waals surface area contributed by atoms with Gasteiger partial charge in [-0.2, -0.15) is 10.2 Å². The minimum absolute atomic E-state index is 0.0924. The summed E-state index contributed by atoms with van der Waals surface area (Å²) in [6.45, 7) is 6.25. The van der Waals surface area contributed by atoms with Crippen molar-refractivity contribution in [2.75, 3.05) is 17.2 Å². The van der Waals surface area contributed by atoms with Crippen molar-refractivity contribution >= 4 is 17.3 Å². The molecule has 2 aromatic rings. The first-order valence-electron chi connectivity index (χ1n) is 7.02. The van der Waals surface area contributed by atoms with Gasteiger partial charge in [-0.1, -0.05) is 19.1 Å². The normalized spacial score (nSPS) is 10.4. The van der Waals surface area contributed by atoms with Crippen molar-refractivity contribution in [1.29, 1.82) is 0 Å². The third kappa shape index (κ3) is 3.18. The third-order valence-corrected chi connectivity index (χ3v) is 3.25. The van der Waals surface area contributed by atoms with Crippen LogP contribution in [-0.2, 0) is 0 Å². The zero-order chi connectivity index (χ0) is 15.4. The van der Waals surface area contributed by atoms with Gasteiger partial charge in [-0.25, -0.2) is 0 Å². The van der Waals surface area contributed by atoms with E-state index in [9.17, 15) is 4.79 Å². The summed E-state index contributed by atoms with van der Waals surface area (Å²) in [7, 11) is 0. The Balaban J connectivity index is 2.45. The number of para-hydroxylation sites is 2. The van der Waals surface area contributed by atoms with Crippen LogP contribution in [0.5, 0.6) is 0 Å². The Hall–Kier alpha value is -2.43. The van der Waals surface area contributed by atoms with E-state index in [1.54, 1.807) is 24.0 Å². The Bertz CT molecular complexity index is 654. The Morgan fingerprint density at radius 1 is 1.24 bits per heavy atom. The monoisotopic (exact) mass is 284 g/mol. The molecular weight excluding hydrogens is 264 g/mol. The van der Waals surface area contributed by atoms with Gasteiger partial charge in [-0.3, -0.25) is 4.79 Å². The molecule has 1 aromatic heterocycles. The van der Waals surface area contributed by atoms with Gasteiger partial charge in [0.05, 0.1) is 28.3 Å². The number of carbonyl (C=O) groups is 1. The van der Waals surface area contributed by atoms with Crippen molar-refractivity contribution in [2.45, 2.75) is 27.2 Å². The maximum absolute atomic E-state index is 12.9. The van der Waals surface area contributed by atoms with E-state index >= 15 is 0 Å². The Morgan fingerprint density at radius 3 is 2.62 bits per heavy atom. The smallest absolute Gasteiger partial charge is 0.260 e. The summed E-state index contributed by atoms with van der Waals surface area (Å²) in [6, 6.07) is 9.17. The second-order valence-electron chi connectivity index (χ2n) is 5.00. The van der Waals surface area contributed by atoms with Crippen LogP contribution in [-0.4, -0.2) is 22.6 Å². The van der Waals surface area contributed by atoms with Gasteiger partial charge >= 0.3 is 0 Å². The Morgan fingerprint density at radius 2 is 1.95 bits per heavy atom. The molecular formula is C16H20N4O. The number of nitrogens with zero attached hydrogens (tertiary/aromatic N) is 3. The van der Waals surface area contributed by atoms with Gasteiger partial charge in [0.15, 0.2) is 0 Å². The predicted molar refractivity (Wildman–Crippen MR) is 84.3 cm³/mol. The summed E-state index contributed by atoms with van der Waals surface area (Å²) in [5, 5.41) is 8.00. The van der Waals surface area contributed by atoms with Crippen LogP contribution in [0.1, 0.15) is 35.1 Å². The fraction of sp³-hybridized carbons (Fsp3) is 0.312. The second-order valence-corrected chi connectivity index (χ2v) is 5.00. The molecule has 0 aliphatic carbocycles. The molecule has 1 amide bonds. The number of amides is 1. The van der Waals surface area contributed by atoms with Crippen LogP contribution in [0.2, 0.25) is 0 Å². The number of nitrogen functional groups attached to an aromatic ring is 1. The van der Waals surface area contributed by atoms with Gasteiger partial charge in [-0.15, -0.1) is 0 Å². The van der Waals surface area contributed by atoms with Gasteiger partial charge in [-0.05, 0) is 38.5 Å². The quantitative estimate of drug-likeness (QED) is 0.876. The number of hydrogen-bond acceptors (Lipinski definition) is 4. The first-order chi connectivity index (χ1) is 10.0. The Kier molecular flexibility index (Phi) is 4.52. The summed E-state index contributed by atoms with van der Waals surface area (Å²) in [5.41, 5.74) is 9.26. The van der Waals surface area contributed by atoms with Crippen LogP contribution in [0.15, 0.2) is 30.3 Å². The molecule has 21 heavy (non-hydrogen) atoms. The van der Waals surface area contributed by atoms with E-state index in [0.717, 1.165) is 17.8 Å².